The number of anilines is 3. The van der Waals surface area contributed by atoms with Gasteiger partial charge in [0.25, 0.3) is 6.43 Å². The third-order valence-corrected chi connectivity index (χ3v) is 8.25. The first kappa shape index (κ1) is 24.7. The minimum atomic E-state index is -2.38. The van der Waals surface area contributed by atoms with Crippen LogP contribution in [0, 0.1) is 18.2 Å². The molecular formula is C27H29F3N6O2. The van der Waals surface area contributed by atoms with Gasteiger partial charge in [0.2, 0.25) is 0 Å². The molecule has 1 amide bonds. The number of rotatable bonds is 5. The molecule has 1 saturated heterocycles. The van der Waals surface area contributed by atoms with E-state index >= 15 is 4.39 Å². The lowest BCUT2D eigenvalue weighted by atomic mass is 9.60. The van der Waals surface area contributed by atoms with E-state index in [1.165, 1.54) is 11.1 Å². The number of nitrogens with two attached hydrogens (primary N) is 1. The topological polar surface area (TPSA) is 108 Å². The van der Waals surface area contributed by atoms with E-state index in [1.807, 2.05) is 6.92 Å². The van der Waals surface area contributed by atoms with Crippen LogP contribution in [0.3, 0.4) is 0 Å². The van der Waals surface area contributed by atoms with Crippen molar-refractivity contribution < 1.29 is 23.1 Å². The Morgan fingerprint density at radius 1 is 1.26 bits per heavy atom. The van der Waals surface area contributed by atoms with Crippen molar-refractivity contribution in [3.8, 4) is 11.1 Å². The van der Waals surface area contributed by atoms with Gasteiger partial charge in [-0.25, -0.2) is 22.9 Å². The molecule has 1 spiro atoms. The Morgan fingerprint density at radius 3 is 2.74 bits per heavy atom. The smallest absolute Gasteiger partial charge is 0.413 e. The summed E-state index contributed by atoms with van der Waals surface area (Å²) in [6.45, 7) is 3.60. The van der Waals surface area contributed by atoms with Crippen LogP contribution in [-0.4, -0.2) is 64.7 Å². The second kappa shape index (κ2) is 9.00. The van der Waals surface area contributed by atoms with Gasteiger partial charge in [-0.15, -0.1) is 0 Å². The van der Waals surface area contributed by atoms with E-state index in [4.69, 9.17) is 5.73 Å². The molecule has 2 fully saturated rings. The maximum absolute atomic E-state index is 15.5. The molecule has 2 aromatic heterocycles. The quantitative estimate of drug-likeness (QED) is 0.406. The highest BCUT2D eigenvalue weighted by Crippen LogP contribution is 2.51. The van der Waals surface area contributed by atoms with E-state index in [2.05, 4.69) is 15.3 Å². The number of benzene rings is 1. The van der Waals surface area contributed by atoms with Gasteiger partial charge in [-0.05, 0) is 61.1 Å². The maximum atomic E-state index is 15.5. The molecule has 1 aromatic carbocycles. The van der Waals surface area contributed by atoms with Crippen LogP contribution in [0.4, 0.5) is 35.2 Å². The molecule has 4 heterocycles. The summed E-state index contributed by atoms with van der Waals surface area (Å²) in [5, 5.41) is 14.4. The second-order valence-corrected chi connectivity index (χ2v) is 10.8. The lowest BCUT2D eigenvalue weighted by Crippen LogP contribution is -2.67. The number of halogens is 3. The fourth-order valence-electron chi connectivity index (χ4n) is 6.48. The summed E-state index contributed by atoms with van der Waals surface area (Å²) >= 11 is 0. The molecule has 1 aliphatic carbocycles. The number of alkyl halides is 2. The van der Waals surface area contributed by atoms with Gasteiger partial charge >= 0.3 is 6.09 Å². The molecular weight excluding hydrogens is 497 g/mol. The van der Waals surface area contributed by atoms with Crippen LogP contribution in [0.2, 0.25) is 0 Å². The summed E-state index contributed by atoms with van der Waals surface area (Å²) in [7, 11) is 0. The molecule has 0 radical (unpaired) electrons. The normalized spacial score (nSPS) is 18.7. The van der Waals surface area contributed by atoms with Crippen LogP contribution in [0.1, 0.15) is 30.5 Å². The summed E-state index contributed by atoms with van der Waals surface area (Å²) in [6.07, 6.45) is 2.58. The van der Waals surface area contributed by atoms with Gasteiger partial charge in [-0.1, -0.05) is 0 Å². The third-order valence-electron chi connectivity index (χ3n) is 8.25. The first-order valence-corrected chi connectivity index (χ1v) is 12.8. The molecule has 38 heavy (non-hydrogen) atoms. The molecule has 4 N–H and O–H groups in total. The Morgan fingerprint density at radius 2 is 2.03 bits per heavy atom. The van der Waals surface area contributed by atoms with E-state index in [9.17, 15) is 18.7 Å². The Labute approximate surface area is 217 Å². The molecule has 0 atom stereocenters. The van der Waals surface area contributed by atoms with Crippen molar-refractivity contribution in [1.29, 1.82) is 0 Å². The zero-order chi connectivity index (χ0) is 26.8. The van der Waals surface area contributed by atoms with Gasteiger partial charge in [0.05, 0.1) is 23.6 Å². The number of likely N-dealkylation sites (tertiary alicyclic amines) is 1. The molecule has 6 rings (SSSR count). The van der Waals surface area contributed by atoms with E-state index in [0.717, 1.165) is 36.3 Å². The van der Waals surface area contributed by atoms with Crippen molar-refractivity contribution in [2.75, 3.05) is 42.1 Å². The predicted octanol–water partition coefficient (Wildman–Crippen LogP) is 4.90. The first-order chi connectivity index (χ1) is 18.2. The van der Waals surface area contributed by atoms with Crippen molar-refractivity contribution in [2.45, 2.75) is 45.1 Å². The standard InChI is InChI=1S/C27H29F3N6O2/c1-14-18(9-33-20-3-2-4-32-25(14)20)17-5-15-6-22(34-10-19(15)24(31)23(17)30)36(26(37)38)16-7-27(8-16)12-35(13-27)11-21(28)29/h5-6,9-10,16,21,32H,2-4,7-8,11-13,31H2,1H3,(H,37,38). The first-order valence-electron chi connectivity index (χ1n) is 12.8. The highest BCUT2D eigenvalue weighted by molar-refractivity contribution is 5.99. The van der Waals surface area contributed by atoms with Crippen molar-refractivity contribution in [1.82, 2.24) is 14.9 Å². The van der Waals surface area contributed by atoms with Crippen LogP contribution < -0.4 is 16.0 Å². The number of aryl methyl sites for hydroxylation is 1. The Balaban J connectivity index is 1.32. The lowest BCUT2D eigenvalue weighted by molar-refractivity contribution is -0.0902. The minimum Gasteiger partial charge on any atom is -0.465 e. The predicted molar refractivity (Wildman–Crippen MR) is 139 cm³/mol. The van der Waals surface area contributed by atoms with E-state index in [1.54, 1.807) is 23.2 Å². The number of pyridine rings is 2. The number of nitrogen functional groups attached to an aromatic ring is 1. The summed E-state index contributed by atoms with van der Waals surface area (Å²) in [5.74, 6) is -0.338. The Kier molecular flexibility index (Phi) is 5.86. The zero-order valence-corrected chi connectivity index (χ0v) is 21.0. The van der Waals surface area contributed by atoms with Gasteiger partial charge in [0, 0.05) is 54.6 Å². The number of hydrogen-bond donors (Lipinski definition) is 3. The molecule has 11 heteroatoms. The van der Waals surface area contributed by atoms with Crippen molar-refractivity contribution in [3.63, 3.8) is 0 Å². The molecule has 1 saturated carbocycles. The summed E-state index contributed by atoms with van der Waals surface area (Å²) in [5.41, 5.74) is 9.70. The third kappa shape index (κ3) is 4.00. The van der Waals surface area contributed by atoms with E-state index in [0.29, 0.717) is 47.8 Å². The van der Waals surface area contributed by atoms with Crippen LogP contribution in [0.25, 0.3) is 21.9 Å². The number of hydrogen-bond acceptors (Lipinski definition) is 6. The molecule has 0 unspecified atom stereocenters. The van der Waals surface area contributed by atoms with E-state index in [-0.39, 0.29) is 29.5 Å². The number of nitrogens with zero attached hydrogens (tertiary/aromatic N) is 4. The van der Waals surface area contributed by atoms with Crippen molar-refractivity contribution in [3.05, 3.63) is 41.6 Å². The largest absolute Gasteiger partial charge is 0.465 e. The van der Waals surface area contributed by atoms with Gasteiger partial charge in [-0.2, -0.15) is 0 Å². The number of carboxylic acid groups (broad SMARTS) is 1. The van der Waals surface area contributed by atoms with Crippen molar-refractivity contribution >= 4 is 34.1 Å². The number of fused-ring (bicyclic) bond motifs is 2. The van der Waals surface area contributed by atoms with Crippen LogP contribution >= 0.6 is 0 Å². The average Bonchev–Trinajstić information content (AvgIpc) is 2.83. The van der Waals surface area contributed by atoms with Gasteiger partial charge in [0.1, 0.15) is 5.82 Å². The fourth-order valence-corrected chi connectivity index (χ4v) is 6.48. The maximum Gasteiger partial charge on any atom is 0.413 e. The number of amides is 1. The van der Waals surface area contributed by atoms with Crippen LogP contribution in [0.5, 0.6) is 0 Å². The minimum absolute atomic E-state index is 0.0558. The SMILES string of the molecule is Cc1c(-c2cc3cc(N(C(=O)O)C4CC5(C4)CN(CC(F)F)C5)ncc3c(N)c2F)cnc2c1NCCC2. The number of nitrogens with one attached hydrogen (secondary N) is 1. The molecule has 8 nitrogen and oxygen atoms in total. The van der Waals surface area contributed by atoms with Crippen LogP contribution in [0.15, 0.2) is 24.5 Å². The average molecular weight is 527 g/mol. The van der Waals surface area contributed by atoms with Gasteiger partial charge in [-0.3, -0.25) is 14.8 Å². The highest BCUT2D eigenvalue weighted by atomic mass is 19.3. The van der Waals surface area contributed by atoms with Crippen molar-refractivity contribution in [2.24, 2.45) is 5.41 Å². The Bertz CT molecular complexity index is 1430. The summed E-state index contributed by atoms with van der Waals surface area (Å²) in [4.78, 5) is 24.1. The molecule has 0 bridgehead atoms. The van der Waals surface area contributed by atoms with Gasteiger partial charge < -0.3 is 16.2 Å². The zero-order valence-electron chi connectivity index (χ0n) is 21.0. The van der Waals surface area contributed by atoms with E-state index < -0.39 is 18.3 Å². The summed E-state index contributed by atoms with van der Waals surface area (Å²) < 4.78 is 40.8. The highest BCUT2D eigenvalue weighted by Gasteiger charge is 2.55. The number of carbonyl (C=O) groups is 1. The summed E-state index contributed by atoms with van der Waals surface area (Å²) in [6, 6.07) is 2.99. The molecule has 200 valence electrons. The second-order valence-electron chi connectivity index (χ2n) is 10.8. The lowest BCUT2D eigenvalue weighted by Gasteiger charge is -2.60. The monoisotopic (exact) mass is 526 g/mol. The molecule has 3 aromatic rings. The van der Waals surface area contributed by atoms with Crippen LogP contribution in [-0.2, 0) is 6.42 Å². The number of aromatic nitrogens is 2. The Hall–Kier alpha value is -3.60. The van der Waals surface area contributed by atoms with Gasteiger partial charge in [0.15, 0.2) is 5.82 Å². The molecule has 3 aliphatic rings. The fraction of sp³-hybridized carbons (Fsp3) is 0.444. The molecule has 2 aliphatic heterocycles.